The summed E-state index contributed by atoms with van der Waals surface area (Å²) in [6, 6.07) is 0. The maximum atomic E-state index is 11.0. The second kappa shape index (κ2) is 4.24. The van der Waals surface area contributed by atoms with Crippen LogP contribution >= 0.6 is 0 Å². The Hall–Kier alpha value is -1.66. The van der Waals surface area contributed by atoms with E-state index in [0.717, 1.165) is 0 Å². The van der Waals surface area contributed by atoms with Gasteiger partial charge < -0.3 is 10.0 Å². The number of hydrogen-bond acceptors (Lipinski definition) is 4. The van der Waals surface area contributed by atoms with Crippen molar-refractivity contribution in [3.63, 3.8) is 0 Å². The van der Waals surface area contributed by atoms with Gasteiger partial charge in [0.15, 0.2) is 0 Å². The van der Waals surface area contributed by atoms with Crippen LogP contribution in [0.3, 0.4) is 0 Å². The average Bonchev–Trinajstić information content (AvgIpc) is 2.53. The van der Waals surface area contributed by atoms with Crippen LogP contribution in [-0.2, 0) is 6.54 Å². The largest absolute Gasteiger partial charge is 0.465 e. The highest BCUT2D eigenvalue weighted by atomic mass is 16.4. The van der Waals surface area contributed by atoms with Gasteiger partial charge in [0.1, 0.15) is 6.33 Å². The van der Waals surface area contributed by atoms with E-state index in [9.17, 15) is 4.79 Å². The van der Waals surface area contributed by atoms with Crippen LogP contribution in [0.2, 0.25) is 0 Å². The summed E-state index contributed by atoms with van der Waals surface area (Å²) in [4.78, 5) is 12.3. The number of aromatic nitrogens is 4. The zero-order chi connectivity index (χ0) is 11.5. The zero-order valence-electron chi connectivity index (χ0n) is 9.08. The molecule has 0 aliphatic heterocycles. The molecule has 1 aromatic rings. The molecule has 0 aromatic carbocycles. The van der Waals surface area contributed by atoms with Gasteiger partial charge in [-0.05, 0) is 31.2 Å². The van der Waals surface area contributed by atoms with Gasteiger partial charge in [0.25, 0.3) is 0 Å². The molecule has 1 N–H and O–H groups in total. The van der Waals surface area contributed by atoms with Gasteiger partial charge in [-0.25, -0.2) is 9.48 Å². The quantitative estimate of drug-likeness (QED) is 0.788. The van der Waals surface area contributed by atoms with Crippen LogP contribution in [0.1, 0.15) is 20.8 Å². The third-order valence-electron chi connectivity index (χ3n) is 1.98. The average molecular weight is 213 g/mol. The van der Waals surface area contributed by atoms with Crippen molar-refractivity contribution in [1.29, 1.82) is 0 Å². The Morgan fingerprint density at radius 1 is 1.53 bits per heavy atom. The zero-order valence-corrected chi connectivity index (χ0v) is 9.08. The summed E-state index contributed by atoms with van der Waals surface area (Å²) in [5.41, 5.74) is -0.417. The minimum atomic E-state index is -0.935. The van der Waals surface area contributed by atoms with Gasteiger partial charge in [-0.2, -0.15) is 0 Å². The second-order valence-electron chi connectivity index (χ2n) is 4.18. The van der Waals surface area contributed by atoms with Crippen molar-refractivity contribution in [3.8, 4) is 0 Å². The molecule has 0 radical (unpaired) electrons. The van der Waals surface area contributed by atoms with Crippen molar-refractivity contribution in [2.45, 2.75) is 32.9 Å². The molecule has 0 fully saturated rings. The van der Waals surface area contributed by atoms with E-state index in [-0.39, 0.29) is 0 Å². The summed E-state index contributed by atoms with van der Waals surface area (Å²) in [5, 5.41) is 19.6. The molecular weight excluding hydrogens is 198 g/mol. The van der Waals surface area contributed by atoms with Crippen LogP contribution in [-0.4, -0.2) is 48.4 Å². The van der Waals surface area contributed by atoms with E-state index in [0.29, 0.717) is 13.1 Å². The smallest absolute Gasteiger partial charge is 0.407 e. The summed E-state index contributed by atoms with van der Waals surface area (Å²) in [6.45, 7) is 6.36. The SMILES string of the molecule is CC(C)(C)N(CCn1cnnn1)C(=O)O. The lowest BCUT2D eigenvalue weighted by molar-refractivity contribution is 0.0970. The summed E-state index contributed by atoms with van der Waals surface area (Å²) in [5.74, 6) is 0. The van der Waals surface area contributed by atoms with E-state index in [1.807, 2.05) is 20.8 Å². The maximum Gasteiger partial charge on any atom is 0.407 e. The second-order valence-corrected chi connectivity index (χ2v) is 4.18. The van der Waals surface area contributed by atoms with Crippen molar-refractivity contribution in [2.75, 3.05) is 6.54 Å². The predicted octanol–water partition coefficient (Wildman–Crippen LogP) is 0.452. The number of carbonyl (C=O) groups is 1. The molecule has 1 heterocycles. The summed E-state index contributed by atoms with van der Waals surface area (Å²) >= 11 is 0. The first-order valence-corrected chi connectivity index (χ1v) is 4.62. The monoisotopic (exact) mass is 213 g/mol. The molecule has 7 heteroatoms. The minimum absolute atomic E-state index is 0.365. The molecule has 0 spiro atoms. The molecule has 1 rings (SSSR count). The summed E-state index contributed by atoms with van der Waals surface area (Å²) in [6.07, 6.45) is 0.526. The summed E-state index contributed by atoms with van der Waals surface area (Å²) < 4.78 is 1.50. The van der Waals surface area contributed by atoms with Gasteiger partial charge >= 0.3 is 6.09 Å². The highest BCUT2D eigenvalue weighted by Crippen LogP contribution is 2.12. The van der Waals surface area contributed by atoms with E-state index < -0.39 is 11.6 Å². The number of tetrazole rings is 1. The normalized spacial score (nSPS) is 11.4. The Bertz CT molecular complexity index is 316. The van der Waals surface area contributed by atoms with Crippen LogP contribution in [0, 0.1) is 0 Å². The highest BCUT2D eigenvalue weighted by Gasteiger charge is 2.25. The van der Waals surface area contributed by atoms with E-state index in [2.05, 4.69) is 15.5 Å². The first kappa shape index (κ1) is 11.4. The Morgan fingerprint density at radius 3 is 2.60 bits per heavy atom. The fourth-order valence-electron chi connectivity index (χ4n) is 1.20. The molecule has 0 saturated heterocycles. The van der Waals surface area contributed by atoms with Crippen molar-refractivity contribution in [1.82, 2.24) is 25.1 Å². The number of nitrogens with zero attached hydrogens (tertiary/aromatic N) is 5. The van der Waals surface area contributed by atoms with Crippen molar-refractivity contribution >= 4 is 6.09 Å². The Labute approximate surface area is 87.7 Å². The van der Waals surface area contributed by atoms with Gasteiger partial charge in [0, 0.05) is 12.1 Å². The van der Waals surface area contributed by atoms with Gasteiger partial charge in [0.2, 0.25) is 0 Å². The van der Waals surface area contributed by atoms with Crippen molar-refractivity contribution in [3.05, 3.63) is 6.33 Å². The van der Waals surface area contributed by atoms with Gasteiger partial charge in [-0.3, -0.25) is 0 Å². The fraction of sp³-hybridized carbons (Fsp3) is 0.750. The Morgan fingerprint density at radius 2 is 2.20 bits per heavy atom. The molecular formula is C8H15N5O2. The molecule has 0 aliphatic rings. The molecule has 0 unspecified atom stereocenters. The molecule has 0 bridgehead atoms. The maximum absolute atomic E-state index is 11.0. The van der Waals surface area contributed by atoms with Crippen LogP contribution in [0.15, 0.2) is 6.33 Å². The number of amides is 1. The standard InChI is InChI=1S/C8H15N5O2/c1-8(2,3)13(7(14)15)5-4-12-6-9-10-11-12/h6H,4-5H2,1-3H3,(H,14,15). The minimum Gasteiger partial charge on any atom is -0.465 e. The molecule has 0 aliphatic carbocycles. The molecule has 15 heavy (non-hydrogen) atoms. The van der Waals surface area contributed by atoms with Crippen LogP contribution in [0.25, 0.3) is 0 Å². The van der Waals surface area contributed by atoms with E-state index >= 15 is 0 Å². The lowest BCUT2D eigenvalue weighted by atomic mass is 10.1. The third-order valence-corrected chi connectivity index (χ3v) is 1.98. The molecule has 0 atom stereocenters. The van der Waals surface area contributed by atoms with E-state index in [4.69, 9.17) is 5.11 Å². The van der Waals surface area contributed by atoms with Crippen molar-refractivity contribution in [2.24, 2.45) is 0 Å². The molecule has 0 saturated carbocycles. The number of hydrogen-bond donors (Lipinski definition) is 1. The van der Waals surface area contributed by atoms with E-state index in [1.165, 1.54) is 15.9 Å². The van der Waals surface area contributed by atoms with Crippen LogP contribution < -0.4 is 0 Å². The topological polar surface area (TPSA) is 84.1 Å². The van der Waals surface area contributed by atoms with Gasteiger partial charge in [-0.1, -0.05) is 0 Å². The first-order chi connectivity index (χ1) is 6.91. The van der Waals surface area contributed by atoms with Gasteiger partial charge in [-0.15, -0.1) is 5.10 Å². The first-order valence-electron chi connectivity index (χ1n) is 4.62. The van der Waals surface area contributed by atoms with Crippen molar-refractivity contribution < 1.29 is 9.90 Å². The van der Waals surface area contributed by atoms with Crippen LogP contribution in [0.5, 0.6) is 0 Å². The molecule has 1 amide bonds. The lowest BCUT2D eigenvalue weighted by Crippen LogP contribution is -2.46. The molecule has 1 aromatic heterocycles. The lowest BCUT2D eigenvalue weighted by Gasteiger charge is -2.32. The third kappa shape index (κ3) is 3.19. The van der Waals surface area contributed by atoms with E-state index in [1.54, 1.807) is 0 Å². The summed E-state index contributed by atoms with van der Waals surface area (Å²) in [7, 11) is 0. The van der Waals surface area contributed by atoms with Gasteiger partial charge in [0.05, 0.1) is 6.54 Å². The fourth-order valence-corrected chi connectivity index (χ4v) is 1.20. The highest BCUT2D eigenvalue weighted by molar-refractivity contribution is 5.65. The van der Waals surface area contributed by atoms with Crippen LogP contribution in [0.4, 0.5) is 4.79 Å². The molecule has 7 nitrogen and oxygen atoms in total. The predicted molar refractivity (Wildman–Crippen MR) is 52.3 cm³/mol. The molecule has 84 valence electrons. The Balaban J connectivity index is 2.57. The number of carboxylic acid groups (broad SMARTS) is 1. The number of rotatable bonds is 3. The Kier molecular flexibility index (Phi) is 3.23.